The molecule has 0 atom stereocenters. The number of fused-ring (bicyclic) bond motifs is 1. The first-order chi connectivity index (χ1) is 12.7. The lowest BCUT2D eigenvalue weighted by Gasteiger charge is -2.16. The van der Waals surface area contributed by atoms with Gasteiger partial charge in [0, 0.05) is 36.5 Å². The summed E-state index contributed by atoms with van der Waals surface area (Å²) in [5.74, 6) is 2.83. The van der Waals surface area contributed by atoms with Crippen molar-refractivity contribution in [3.8, 4) is 22.8 Å². The predicted octanol–water partition coefficient (Wildman–Crippen LogP) is 2.99. The Morgan fingerprint density at radius 2 is 2.12 bits per heavy atom. The summed E-state index contributed by atoms with van der Waals surface area (Å²) in [6, 6.07) is 9.95. The van der Waals surface area contributed by atoms with Crippen LogP contribution < -0.4 is 10.9 Å². The fourth-order valence-electron chi connectivity index (χ4n) is 3.01. The van der Waals surface area contributed by atoms with E-state index in [-0.39, 0.29) is 5.56 Å². The van der Waals surface area contributed by atoms with Gasteiger partial charge in [-0.3, -0.25) is 4.79 Å². The highest BCUT2D eigenvalue weighted by atomic mass is 32.2. The number of nitrogens with one attached hydrogen (secondary N) is 2. The van der Waals surface area contributed by atoms with Gasteiger partial charge in [-0.1, -0.05) is 24.2 Å². The van der Waals surface area contributed by atoms with Gasteiger partial charge in [0.05, 0.1) is 5.56 Å². The van der Waals surface area contributed by atoms with Gasteiger partial charge >= 0.3 is 0 Å². The highest BCUT2D eigenvalue weighted by Gasteiger charge is 2.17. The Hall–Kier alpha value is -2.38. The maximum atomic E-state index is 12.4. The molecule has 3 heterocycles. The summed E-state index contributed by atoms with van der Waals surface area (Å²) in [6.07, 6.45) is 0.824. The summed E-state index contributed by atoms with van der Waals surface area (Å²) in [7, 11) is 0. The monoisotopic (exact) mass is 368 g/mol. The molecular formula is C19H20N4O2S. The number of rotatable bonds is 5. The lowest BCUT2D eigenvalue weighted by molar-refractivity contribution is 0.432. The standard InChI is InChI=1S/C19H20N4O2S/c1-2-26-11-12-3-5-13(6-4-12)19-22-17(23-25-19)15-9-14-10-20-8-7-16(14)21-18(15)24/h3-6,9,20H,2,7-8,10-11H2,1H3,(H,21,24). The Labute approximate surface area is 155 Å². The van der Waals surface area contributed by atoms with Crippen molar-refractivity contribution in [2.45, 2.75) is 25.6 Å². The molecule has 0 fully saturated rings. The van der Waals surface area contributed by atoms with Gasteiger partial charge < -0.3 is 14.8 Å². The fourth-order valence-corrected chi connectivity index (χ4v) is 3.64. The zero-order chi connectivity index (χ0) is 17.9. The Kier molecular flexibility index (Phi) is 4.90. The minimum Gasteiger partial charge on any atom is -0.334 e. The normalized spacial score (nSPS) is 13.6. The number of H-pyrrole nitrogens is 1. The number of aromatic amines is 1. The van der Waals surface area contributed by atoms with Gasteiger partial charge in [-0.25, -0.2) is 0 Å². The summed E-state index contributed by atoms with van der Waals surface area (Å²) in [4.78, 5) is 19.8. The Bertz CT molecular complexity index is 962. The molecule has 6 nitrogen and oxygen atoms in total. The molecule has 1 aromatic carbocycles. The Morgan fingerprint density at radius 3 is 2.92 bits per heavy atom. The molecule has 1 aliphatic heterocycles. The lowest BCUT2D eigenvalue weighted by atomic mass is 10.0. The quantitative estimate of drug-likeness (QED) is 0.720. The predicted molar refractivity (Wildman–Crippen MR) is 103 cm³/mol. The van der Waals surface area contributed by atoms with Crippen molar-refractivity contribution in [3.05, 3.63) is 57.5 Å². The van der Waals surface area contributed by atoms with Crippen LogP contribution in [0.3, 0.4) is 0 Å². The maximum absolute atomic E-state index is 12.4. The van der Waals surface area contributed by atoms with E-state index in [9.17, 15) is 4.79 Å². The van der Waals surface area contributed by atoms with Gasteiger partial charge in [0.2, 0.25) is 5.82 Å². The van der Waals surface area contributed by atoms with E-state index in [1.807, 2.05) is 30.0 Å². The molecule has 2 aromatic heterocycles. The second-order valence-electron chi connectivity index (χ2n) is 6.20. The van der Waals surface area contributed by atoms with Gasteiger partial charge in [-0.15, -0.1) is 0 Å². The number of hydrogen-bond donors (Lipinski definition) is 2. The van der Waals surface area contributed by atoms with Gasteiger partial charge in [0.25, 0.3) is 11.4 Å². The van der Waals surface area contributed by atoms with Gasteiger partial charge in [-0.05, 0) is 35.1 Å². The lowest BCUT2D eigenvalue weighted by Crippen LogP contribution is -2.27. The van der Waals surface area contributed by atoms with Crippen molar-refractivity contribution in [2.24, 2.45) is 0 Å². The third-order valence-electron chi connectivity index (χ3n) is 4.42. The topological polar surface area (TPSA) is 83.8 Å². The van der Waals surface area contributed by atoms with Crippen LogP contribution in [0.25, 0.3) is 22.8 Å². The minimum atomic E-state index is -0.176. The van der Waals surface area contributed by atoms with Crippen molar-refractivity contribution >= 4 is 11.8 Å². The fraction of sp³-hybridized carbons (Fsp3) is 0.316. The second-order valence-corrected chi connectivity index (χ2v) is 7.47. The van der Waals surface area contributed by atoms with E-state index in [2.05, 4.69) is 39.5 Å². The van der Waals surface area contributed by atoms with Crippen LogP contribution in [-0.4, -0.2) is 27.4 Å². The molecule has 0 saturated heterocycles. The average molecular weight is 368 g/mol. The molecular weight excluding hydrogens is 348 g/mol. The molecule has 7 heteroatoms. The van der Waals surface area contributed by atoms with E-state index in [4.69, 9.17) is 4.52 Å². The van der Waals surface area contributed by atoms with Gasteiger partial charge in [0.15, 0.2) is 0 Å². The highest BCUT2D eigenvalue weighted by molar-refractivity contribution is 7.98. The molecule has 0 radical (unpaired) electrons. The van der Waals surface area contributed by atoms with Crippen LogP contribution in [-0.2, 0) is 18.7 Å². The van der Waals surface area contributed by atoms with Gasteiger partial charge in [-0.2, -0.15) is 16.7 Å². The van der Waals surface area contributed by atoms with E-state index >= 15 is 0 Å². The number of thioether (sulfide) groups is 1. The molecule has 0 spiro atoms. The zero-order valence-corrected chi connectivity index (χ0v) is 15.4. The van der Waals surface area contributed by atoms with Crippen LogP contribution in [0.5, 0.6) is 0 Å². The van der Waals surface area contributed by atoms with Crippen LogP contribution in [0.15, 0.2) is 39.6 Å². The largest absolute Gasteiger partial charge is 0.334 e. The maximum Gasteiger partial charge on any atom is 0.259 e. The van der Waals surface area contributed by atoms with Crippen LogP contribution in [0.4, 0.5) is 0 Å². The van der Waals surface area contributed by atoms with Crippen LogP contribution in [0.2, 0.25) is 0 Å². The number of hydrogen-bond acceptors (Lipinski definition) is 6. The summed E-state index contributed by atoms with van der Waals surface area (Å²) in [6.45, 7) is 3.76. The number of aromatic nitrogens is 3. The van der Waals surface area contributed by atoms with Crippen molar-refractivity contribution in [2.75, 3.05) is 12.3 Å². The first-order valence-electron chi connectivity index (χ1n) is 8.71. The molecule has 0 bridgehead atoms. The zero-order valence-electron chi connectivity index (χ0n) is 14.5. The minimum absolute atomic E-state index is 0.176. The van der Waals surface area contributed by atoms with E-state index < -0.39 is 0 Å². The second kappa shape index (κ2) is 7.47. The van der Waals surface area contributed by atoms with E-state index in [1.165, 1.54) is 5.56 Å². The molecule has 0 unspecified atom stereocenters. The molecule has 3 aromatic rings. The van der Waals surface area contributed by atoms with Crippen molar-refractivity contribution < 1.29 is 4.52 Å². The Balaban J connectivity index is 1.61. The average Bonchev–Trinajstić information content (AvgIpc) is 3.16. The van der Waals surface area contributed by atoms with Crippen LogP contribution in [0, 0.1) is 0 Å². The van der Waals surface area contributed by atoms with E-state index in [0.29, 0.717) is 17.3 Å². The number of nitrogens with zero attached hydrogens (tertiary/aromatic N) is 2. The Morgan fingerprint density at radius 1 is 1.27 bits per heavy atom. The molecule has 4 rings (SSSR count). The van der Waals surface area contributed by atoms with Crippen LogP contribution in [0.1, 0.15) is 23.7 Å². The molecule has 0 saturated carbocycles. The van der Waals surface area contributed by atoms with E-state index in [0.717, 1.165) is 47.8 Å². The SMILES string of the molecule is CCSCc1ccc(-c2nc(-c3cc4c([nH]c3=O)CCNC4)no2)cc1. The molecule has 2 N–H and O–H groups in total. The van der Waals surface area contributed by atoms with Crippen molar-refractivity contribution in [3.63, 3.8) is 0 Å². The summed E-state index contributed by atoms with van der Waals surface area (Å²) < 4.78 is 5.39. The number of pyridine rings is 1. The summed E-state index contributed by atoms with van der Waals surface area (Å²) in [5.41, 5.74) is 4.45. The van der Waals surface area contributed by atoms with Gasteiger partial charge in [0.1, 0.15) is 0 Å². The smallest absolute Gasteiger partial charge is 0.259 e. The third kappa shape index (κ3) is 3.45. The number of benzene rings is 1. The van der Waals surface area contributed by atoms with E-state index in [1.54, 1.807) is 0 Å². The molecule has 1 aliphatic rings. The van der Waals surface area contributed by atoms with Crippen molar-refractivity contribution in [1.29, 1.82) is 0 Å². The molecule has 0 aliphatic carbocycles. The summed E-state index contributed by atoms with van der Waals surface area (Å²) >= 11 is 1.88. The molecule has 134 valence electrons. The first kappa shape index (κ1) is 17.1. The third-order valence-corrected chi connectivity index (χ3v) is 5.37. The van der Waals surface area contributed by atoms with Crippen LogP contribution >= 0.6 is 11.8 Å². The highest BCUT2D eigenvalue weighted by Crippen LogP contribution is 2.23. The first-order valence-corrected chi connectivity index (χ1v) is 9.87. The summed E-state index contributed by atoms with van der Waals surface area (Å²) in [5, 5.41) is 7.32. The molecule has 0 amide bonds. The molecule has 26 heavy (non-hydrogen) atoms. The van der Waals surface area contributed by atoms with Crippen molar-refractivity contribution in [1.82, 2.24) is 20.4 Å².